The lowest BCUT2D eigenvalue weighted by Gasteiger charge is -2.09. The second-order valence-corrected chi connectivity index (χ2v) is 6.08. The minimum absolute atomic E-state index is 0.0965. The SMILES string of the molecule is COC(=O)c1ccc(C)c(NC(=O)Cn2nnc(-c3ccc(C)cc3)n2)c1. The standard InChI is InChI=1S/C19H19N5O3/c1-12-4-7-14(8-5-12)18-21-23-24(22-18)11-17(25)20-16-10-15(19(26)27-3)9-6-13(16)2/h4-10H,11H2,1-3H3,(H,20,25). The summed E-state index contributed by atoms with van der Waals surface area (Å²) in [5, 5.41) is 14.9. The van der Waals surface area contributed by atoms with Gasteiger partial charge in [-0.25, -0.2) is 4.79 Å². The number of nitrogens with one attached hydrogen (secondary N) is 1. The average Bonchev–Trinajstić information content (AvgIpc) is 3.11. The Hall–Kier alpha value is -3.55. The first-order valence-electron chi connectivity index (χ1n) is 8.30. The Morgan fingerprint density at radius 3 is 2.56 bits per heavy atom. The van der Waals surface area contributed by atoms with Crippen LogP contribution in [0.4, 0.5) is 5.69 Å². The summed E-state index contributed by atoms with van der Waals surface area (Å²) in [5.41, 5.74) is 3.67. The maximum Gasteiger partial charge on any atom is 0.337 e. The van der Waals surface area contributed by atoms with Crippen LogP contribution in [0.2, 0.25) is 0 Å². The summed E-state index contributed by atoms with van der Waals surface area (Å²) in [6, 6.07) is 12.7. The molecule has 1 heterocycles. The Labute approximate surface area is 156 Å². The van der Waals surface area contributed by atoms with Crippen LogP contribution in [0.1, 0.15) is 21.5 Å². The highest BCUT2D eigenvalue weighted by Crippen LogP contribution is 2.18. The summed E-state index contributed by atoms with van der Waals surface area (Å²) in [6.45, 7) is 3.73. The number of hydrogen-bond acceptors (Lipinski definition) is 6. The van der Waals surface area contributed by atoms with E-state index in [9.17, 15) is 9.59 Å². The largest absolute Gasteiger partial charge is 0.465 e. The van der Waals surface area contributed by atoms with Crippen LogP contribution in [0.25, 0.3) is 11.4 Å². The zero-order valence-electron chi connectivity index (χ0n) is 15.3. The third-order valence-electron chi connectivity index (χ3n) is 3.98. The van der Waals surface area contributed by atoms with Crippen LogP contribution in [0.3, 0.4) is 0 Å². The Morgan fingerprint density at radius 1 is 1.11 bits per heavy atom. The number of hydrogen-bond donors (Lipinski definition) is 1. The molecule has 0 aliphatic rings. The first-order chi connectivity index (χ1) is 13.0. The molecule has 0 aliphatic heterocycles. The molecule has 0 bridgehead atoms. The van der Waals surface area contributed by atoms with Gasteiger partial charge in [0.05, 0.1) is 12.7 Å². The van der Waals surface area contributed by atoms with E-state index in [2.05, 4.69) is 20.7 Å². The van der Waals surface area contributed by atoms with E-state index in [0.717, 1.165) is 16.7 Å². The van der Waals surface area contributed by atoms with Crippen molar-refractivity contribution < 1.29 is 14.3 Å². The highest BCUT2D eigenvalue weighted by atomic mass is 16.5. The molecule has 138 valence electrons. The number of anilines is 1. The predicted octanol–water partition coefficient (Wildman–Crippen LogP) is 2.38. The van der Waals surface area contributed by atoms with Crippen molar-refractivity contribution >= 4 is 17.6 Å². The van der Waals surface area contributed by atoms with Crippen molar-refractivity contribution in [1.82, 2.24) is 20.2 Å². The lowest BCUT2D eigenvalue weighted by atomic mass is 10.1. The highest BCUT2D eigenvalue weighted by molar-refractivity contribution is 5.95. The lowest BCUT2D eigenvalue weighted by molar-refractivity contribution is -0.117. The van der Waals surface area contributed by atoms with Crippen LogP contribution in [0.5, 0.6) is 0 Å². The van der Waals surface area contributed by atoms with E-state index in [1.807, 2.05) is 38.1 Å². The lowest BCUT2D eigenvalue weighted by Crippen LogP contribution is -2.21. The maximum absolute atomic E-state index is 12.3. The molecule has 0 atom stereocenters. The molecular formula is C19H19N5O3. The Kier molecular flexibility index (Phi) is 5.25. The summed E-state index contributed by atoms with van der Waals surface area (Å²) in [5.74, 6) is -0.342. The molecule has 2 aromatic carbocycles. The van der Waals surface area contributed by atoms with Crippen molar-refractivity contribution in [2.24, 2.45) is 0 Å². The first-order valence-corrected chi connectivity index (χ1v) is 8.30. The van der Waals surface area contributed by atoms with Gasteiger partial charge in [-0.15, -0.1) is 10.2 Å². The monoisotopic (exact) mass is 365 g/mol. The Bertz CT molecular complexity index is 979. The number of rotatable bonds is 5. The number of tetrazole rings is 1. The number of ether oxygens (including phenoxy) is 1. The second-order valence-electron chi connectivity index (χ2n) is 6.08. The number of aromatic nitrogens is 4. The van der Waals surface area contributed by atoms with Crippen molar-refractivity contribution in [3.63, 3.8) is 0 Å². The van der Waals surface area contributed by atoms with Gasteiger partial charge >= 0.3 is 5.97 Å². The van der Waals surface area contributed by atoms with Crippen molar-refractivity contribution in [3.8, 4) is 11.4 Å². The van der Waals surface area contributed by atoms with E-state index in [-0.39, 0.29) is 12.5 Å². The molecule has 8 heteroatoms. The summed E-state index contributed by atoms with van der Waals surface area (Å²) < 4.78 is 4.70. The number of amides is 1. The van der Waals surface area contributed by atoms with Gasteiger partial charge in [-0.2, -0.15) is 4.80 Å². The fourth-order valence-corrected chi connectivity index (χ4v) is 2.45. The summed E-state index contributed by atoms with van der Waals surface area (Å²) in [4.78, 5) is 25.2. The van der Waals surface area contributed by atoms with Gasteiger partial charge in [0.2, 0.25) is 11.7 Å². The smallest absolute Gasteiger partial charge is 0.337 e. The van der Waals surface area contributed by atoms with Crippen LogP contribution in [-0.2, 0) is 16.1 Å². The van der Waals surface area contributed by atoms with Crippen LogP contribution in [0, 0.1) is 13.8 Å². The van der Waals surface area contributed by atoms with Gasteiger partial charge in [0, 0.05) is 11.3 Å². The van der Waals surface area contributed by atoms with Crippen molar-refractivity contribution in [1.29, 1.82) is 0 Å². The van der Waals surface area contributed by atoms with Gasteiger partial charge in [-0.05, 0) is 36.8 Å². The van der Waals surface area contributed by atoms with E-state index in [4.69, 9.17) is 4.74 Å². The Balaban J connectivity index is 1.70. The third kappa shape index (κ3) is 4.35. The molecule has 27 heavy (non-hydrogen) atoms. The zero-order chi connectivity index (χ0) is 19.4. The number of carbonyl (C=O) groups is 2. The summed E-state index contributed by atoms with van der Waals surface area (Å²) >= 11 is 0. The van der Waals surface area contributed by atoms with Crippen molar-refractivity contribution in [2.45, 2.75) is 20.4 Å². The van der Waals surface area contributed by atoms with Crippen molar-refractivity contribution in [2.75, 3.05) is 12.4 Å². The molecule has 0 unspecified atom stereocenters. The molecule has 0 saturated heterocycles. The number of aryl methyl sites for hydroxylation is 2. The molecule has 1 N–H and O–H groups in total. The highest BCUT2D eigenvalue weighted by Gasteiger charge is 2.13. The fourth-order valence-electron chi connectivity index (χ4n) is 2.45. The topological polar surface area (TPSA) is 99.0 Å². The summed E-state index contributed by atoms with van der Waals surface area (Å²) in [7, 11) is 1.31. The van der Waals surface area contributed by atoms with Crippen LogP contribution >= 0.6 is 0 Å². The molecule has 1 aromatic heterocycles. The van der Waals surface area contributed by atoms with Crippen LogP contribution < -0.4 is 5.32 Å². The zero-order valence-corrected chi connectivity index (χ0v) is 15.3. The number of esters is 1. The van der Waals surface area contributed by atoms with E-state index in [1.165, 1.54) is 11.9 Å². The van der Waals surface area contributed by atoms with E-state index in [0.29, 0.717) is 17.1 Å². The second kappa shape index (κ2) is 7.77. The third-order valence-corrected chi connectivity index (χ3v) is 3.98. The van der Waals surface area contributed by atoms with E-state index >= 15 is 0 Å². The first kappa shape index (κ1) is 18.2. The maximum atomic E-state index is 12.3. The minimum Gasteiger partial charge on any atom is -0.465 e. The van der Waals surface area contributed by atoms with Gasteiger partial charge in [-0.1, -0.05) is 35.9 Å². The van der Waals surface area contributed by atoms with Gasteiger partial charge < -0.3 is 10.1 Å². The summed E-state index contributed by atoms with van der Waals surface area (Å²) in [6.07, 6.45) is 0. The molecule has 3 aromatic rings. The van der Waals surface area contributed by atoms with Gasteiger partial charge in [-0.3, -0.25) is 4.79 Å². The average molecular weight is 365 g/mol. The van der Waals surface area contributed by atoms with E-state index in [1.54, 1.807) is 18.2 Å². The van der Waals surface area contributed by atoms with Gasteiger partial charge in [0.25, 0.3) is 0 Å². The molecule has 8 nitrogen and oxygen atoms in total. The minimum atomic E-state index is -0.466. The van der Waals surface area contributed by atoms with E-state index < -0.39 is 5.97 Å². The number of benzene rings is 2. The molecule has 0 aliphatic carbocycles. The molecule has 3 rings (SSSR count). The number of methoxy groups -OCH3 is 1. The Morgan fingerprint density at radius 2 is 1.85 bits per heavy atom. The van der Waals surface area contributed by atoms with Crippen molar-refractivity contribution in [3.05, 3.63) is 59.2 Å². The number of carbonyl (C=O) groups excluding carboxylic acids is 2. The van der Waals surface area contributed by atoms with Gasteiger partial charge in [0.1, 0.15) is 6.54 Å². The van der Waals surface area contributed by atoms with Gasteiger partial charge in [0.15, 0.2) is 0 Å². The quantitative estimate of drug-likeness (QED) is 0.697. The van der Waals surface area contributed by atoms with Crippen LogP contribution in [0.15, 0.2) is 42.5 Å². The number of nitrogens with zero attached hydrogens (tertiary/aromatic N) is 4. The molecule has 0 fully saturated rings. The predicted molar refractivity (Wildman–Crippen MR) is 99.1 cm³/mol. The normalized spacial score (nSPS) is 10.5. The molecule has 0 spiro atoms. The molecule has 1 amide bonds. The van der Waals surface area contributed by atoms with Crippen LogP contribution in [-0.4, -0.2) is 39.2 Å². The molecule has 0 saturated carbocycles. The fraction of sp³-hybridized carbons (Fsp3) is 0.211. The molecule has 0 radical (unpaired) electrons. The molecular weight excluding hydrogens is 346 g/mol.